The van der Waals surface area contributed by atoms with Crippen LogP contribution in [0.25, 0.3) is 0 Å². The third kappa shape index (κ3) is 5.01. The summed E-state index contributed by atoms with van der Waals surface area (Å²) in [6.45, 7) is 3.12. The molecule has 0 aliphatic rings. The molecule has 0 atom stereocenters. The summed E-state index contributed by atoms with van der Waals surface area (Å²) in [4.78, 5) is 0. The van der Waals surface area contributed by atoms with Crippen molar-refractivity contribution in [2.45, 2.75) is 19.4 Å². The van der Waals surface area contributed by atoms with Crippen molar-refractivity contribution in [1.82, 2.24) is 5.32 Å². The largest absolute Gasteiger partial charge is 0.312 e. The number of rotatable bonds is 5. The van der Waals surface area contributed by atoms with Gasteiger partial charge < -0.3 is 5.32 Å². The van der Waals surface area contributed by atoms with Gasteiger partial charge in [0.25, 0.3) is 0 Å². The molecule has 0 amide bonds. The monoisotopic (exact) mass is 169 g/mol. The highest BCUT2D eigenvalue weighted by molar-refractivity contribution is 6.21. The lowest BCUT2D eigenvalue weighted by Crippen LogP contribution is -2.32. The molecule has 0 bridgehead atoms. The van der Waals surface area contributed by atoms with Crippen molar-refractivity contribution < 1.29 is 0 Å². The molecule has 3 heteroatoms. The van der Waals surface area contributed by atoms with Crippen LogP contribution in [-0.2, 0) is 0 Å². The summed E-state index contributed by atoms with van der Waals surface area (Å²) >= 11 is 11.1. The molecule has 56 valence electrons. The minimum Gasteiger partial charge on any atom is -0.312 e. The lowest BCUT2D eigenvalue weighted by molar-refractivity contribution is 0.592. The number of alkyl halides is 2. The molecule has 0 heterocycles. The first kappa shape index (κ1) is 9.54. The molecule has 1 N–H and O–H groups in total. The molecule has 9 heavy (non-hydrogen) atoms. The van der Waals surface area contributed by atoms with Crippen molar-refractivity contribution >= 4 is 23.2 Å². The molecule has 0 radical (unpaired) electrons. The van der Waals surface area contributed by atoms with Crippen LogP contribution in [-0.4, -0.2) is 24.3 Å². The second-order valence-electron chi connectivity index (χ2n) is 1.96. The molecule has 0 aromatic heterocycles. The van der Waals surface area contributed by atoms with Crippen LogP contribution in [0.15, 0.2) is 0 Å². The summed E-state index contributed by atoms with van der Waals surface area (Å²) in [5, 5.41) is 3.20. The van der Waals surface area contributed by atoms with E-state index in [0.29, 0.717) is 11.8 Å². The Balaban J connectivity index is 3.09. The predicted octanol–water partition coefficient (Wildman–Crippen LogP) is 1.83. The Morgan fingerprint density at radius 1 is 1.33 bits per heavy atom. The third-order valence-electron chi connectivity index (χ3n) is 1.06. The summed E-state index contributed by atoms with van der Waals surface area (Å²) < 4.78 is 0. The fourth-order valence-corrected chi connectivity index (χ4v) is 1.05. The van der Waals surface area contributed by atoms with Crippen molar-refractivity contribution in [1.29, 1.82) is 0 Å². The Morgan fingerprint density at radius 3 is 2.22 bits per heavy atom. The normalized spacial score (nSPS) is 10.7. The number of halogens is 2. The van der Waals surface area contributed by atoms with Gasteiger partial charge in [-0.3, -0.25) is 0 Å². The molecule has 0 spiro atoms. The molecule has 0 saturated carbocycles. The highest BCUT2D eigenvalue weighted by Gasteiger charge is 2.01. The summed E-state index contributed by atoms with van der Waals surface area (Å²) in [6, 6.07) is 0.285. The van der Waals surface area contributed by atoms with Crippen LogP contribution in [0, 0.1) is 0 Å². The van der Waals surface area contributed by atoms with E-state index >= 15 is 0 Å². The molecule has 0 unspecified atom stereocenters. The summed E-state index contributed by atoms with van der Waals surface area (Å²) in [7, 11) is 0. The van der Waals surface area contributed by atoms with E-state index in [1.165, 1.54) is 0 Å². The zero-order valence-electron chi connectivity index (χ0n) is 5.66. The Kier molecular flexibility index (Phi) is 7.06. The predicted molar refractivity (Wildman–Crippen MR) is 43.5 cm³/mol. The zero-order valence-corrected chi connectivity index (χ0v) is 7.17. The highest BCUT2D eigenvalue weighted by atomic mass is 35.5. The van der Waals surface area contributed by atoms with Gasteiger partial charge in [-0.25, -0.2) is 0 Å². The fourth-order valence-electron chi connectivity index (χ4n) is 0.499. The molecule has 0 fully saturated rings. The molecule has 0 aliphatic heterocycles. The lowest BCUT2D eigenvalue weighted by Gasteiger charge is -2.10. The van der Waals surface area contributed by atoms with Crippen molar-refractivity contribution in [3.63, 3.8) is 0 Å². The van der Waals surface area contributed by atoms with E-state index in [-0.39, 0.29) is 6.04 Å². The summed E-state index contributed by atoms with van der Waals surface area (Å²) in [5.74, 6) is 1.20. The molecule has 0 aromatic carbocycles. The van der Waals surface area contributed by atoms with Gasteiger partial charge in [-0.05, 0) is 13.0 Å². The van der Waals surface area contributed by atoms with Crippen LogP contribution in [0.1, 0.15) is 13.3 Å². The summed E-state index contributed by atoms with van der Waals surface area (Å²) in [5.41, 5.74) is 0. The molecular weight excluding hydrogens is 157 g/mol. The molecule has 0 saturated heterocycles. The first-order valence-electron chi connectivity index (χ1n) is 3.20. The van der Waals surface area contributed by atoms with Crippen LogP contribution >= 0.6 is 23.2 Å². The van der Waals surface area contributed by atoms with E-state index in [2.05, 4.69) is 12.2 Å². The average Bonchev–Trinajstić information content (AvgIpc) is 1.91. The number of hydrogen-bond donors (Lipinski definition) is 1. The van der Waals surface area contributed by atoms with E-state index in [0.717, 1.165) is 13.0 Å². The maximum atomic E-state index is 5.56. The molecule has 1 nitrogen and oxygen atoms in total. The molecule has 0 aromatic rings. The maximum absolute atomic E-state index is 5.56. The number of nitrogens with one attached hydrogen (secondary N) is 1. The van der Waals surface area contributed by atoms with Crippen LogP contribution in [0.2, 0.25) is 0 Å². The highest BCUT2D eigenvalue weighted by Crippen LogP contribution is 1.91. The quantitative estimate of drug-likeness (QED) is 0.620. The Morgan fingerprint density at radius 2 is 1.89 bits per heavy atom. The topological polar surface area (TPSA) is 12.0 Å². The Labute approximate surface area is 66.7 Å². The van der Waals surface area contributed by atoms with Crippen LogP contribution < -0.4 is 5.32 Å². The van der Waals surface area contributed by atoms with E-state index in [1.807, 2.05) is 0 Å². The lowest BCUT2D eigenvalue weighted by atomic mass is 10.3. The Hall–Kier alpha value is 0.540. The molecule has 0 rings (SSSR count). The zero-order chi connectivity index (χ0) is 7.11. The van der Waals surface area contributed by atoms with Gasteiger partial charge in [0.2, 0.25) is 0 Å². The van der Waals surface area contributed by atoms with Gasteiger partial charge in [0.15, 0.2) is 0 Å². The van der Waals surface area contributed by atoms with E-state index < -0.39 is 0 Å². The van der Waals surface area contributed by atoms with Crippen molar-refractivity contribution in [3.8, 4) is 0 Å². The standard InChI is InChI=1S/C6H13Cl2N/c1-2-3-9-6(4-7)5-8/h6,9H,2-5H2,1H3. The second kappa shape index (κ2) is 6.66. The first-order valence-corrected chi connectivity index (χ1v) is 4.27. The minimum absolute atomic E-state index is 0.285. The van der Waals surface area contributed by atoms with Gasteiger partial charge in [-0.1, -0.05) is 6.92 Å². The van der Waals surface area contributed by atoms with Gasteiger partial charge in [0.05, 0.1) is 0 Å². The van der Waals surface area contributed by atoms with Gasteiger partial charge in [-0.15, -0.1) is 23.2 Å². The van der Waals surface area contributed by atoms with Gasteiger partial charge >= 0.3 is 0 Å². The van der Waals surface area contributed by atoms with Crippen LogP contribution in [0.5, 0.6) is 0 Å². The van der Waals surface area contributed by atoms with E-state index in [4.69, 9.17) is 23.2 Å². The Bertz CT molecular complexity index is 55.0. The van der Waals surface area contributed by atoms with Crippen molar-refractivity contribution in [2.75, 3.05) is 18.3 Å². The SMILES string of the molecule is CCCNC(CCl)CCl. The van der Waals surface area contributed by atoms with Crippen molar-refractivity contribution in [3.05, 3.63) is 0 Å². The van der Waals surface area contributed by atoms with Crippen LogP contribution in [0.4, 0.5) is 0 Å². The molecular formula is C6H13Cl2N. The van der Waals surface area contributed by atoms with Gasteiger partial charge in [0, 0.05) is 17.8 Å². The van der Waals surface area contributed by atoms with Crippen LogP contribution in [0.3, 0.4) is 0 Å². The number of hydrogen-bond acceptors (Lipinski definition) is 1. The first-order chi connectivity index (χ1) is 4.35. The minimum atomic E-state index is 0.285. The molecule has 0 aliphatic carbocycles. The fraction of sp³-hybridized carbons (Fsp3) is 1.00. The van der Waals surface area contributed by atoms with Gasteiger partial charge in [-0.2, -0.15) is 0 Å². The van der Waals surface area contributed by atoms with E-state index in [1.54, 1.807) is 0 Å². The van der Waals surface area contributed by atoms with E-state index in [9.17, 15) is 0 Å². The average molecular weight is 170 g/mol. The second-order valence-corrected chi connectivity index (χ2v) is 2.58. The van der Waals surface area contributed by atoms with Gasteiger partial charge in [0.1, 0.15) is 0 Å². The third-order valence-corrected chi connectivity index (χ3v) is 1.80. The smallest absolute Gasteiger partial charge is 0.0389 e. The summed E-state index contributed by atoms with van der Waals surface area (Å²) in [6.07, 6.45) is 1.13. The maximum Gasteiger partial charge on any atom is 0.0389 e. The van der Waals surface area contributed by atoms with Crippen molar-refractivity contribution in [2.24, 2.45) is 0 Å².